The number of nitrogens with two attached hydrogens (primary N) is 1. The Balaban J connectivity index is 0.000000420. The van der Waals surface area contributed by atoms with Crippen molar-refractivity contribution in [2.24, 2.45) is 10.7 Å². The molecule has 0 aromatic carbocycles. The van der Waals surface area contributed by atoms with Crippen molar-refractivity contribution in [1.29, 1.82) is 0 Å². The largest absolute Gasteiger partial charge is 0.382 e. The van der Waals surface area contributed by atoms with Crippen molar-refractivity contribution in [3.63, 3.8) is 0 Å². The first-order valence-electron chi connectivity index (χ1n) is 10.1. The molecule has 0 radical (unpaired) electrons. The van der Waals surface area contributed by atoms with Crippen LogP contribution in [0.5, 0.6) is 0 Å². The summed E-state index contributed by atoms with van der Waals surface area (Å²) >= 11 is 1.81. The van der Waals surface area contributed by atoms with E-state index in [9.17, 15) is 0 Å². The highest BCUT2D eigenvalue weighted by Gasteiger charge is 2.24. The van der Waals surface area contributed by atoms with Gasteiger partial charge in [0.15, 0.2) is 0 Å². The van der Waals surface area contributed by atoms with E-state index in [0.717, 1.165) is 23.8 Å². The van der Waals surface area contributed by atoms with Gasteiger partial charge in [0, 0.05) is 22.2 Å². The summed E-state index contributed by atoms with van der Waals surface area (Å²) in [6.45, 7) is 14.4. The van der Waals surface area contributed by atoms with E-state index in [4.69, 9.17) is 0 Å². The zero-order valence-electron chi connectivity index (χ0n) is 17.0. The molecule has 26 heavy (non-hydrogen) atoms. The first-order chi connectivity index (χ1) is 12.7. The van der Waals surface area contributed by atoms with E-state index in [2.05, 4.69) is 48.5 Å². The summed E-state index contributed by atoms with van der Waals surface area (Å²) in [5, 5.41) is 7.83. The highest BCUT2D eigenvalue weighted by atomic mass is 32.1. The molecule has 0 saturated heterocycles. The molecule has 1 fully saturated rings. The fourth-order valence-electron chi connectivity index (χ4n) is 3.63. The molecule has 1 saturated carbocycles. The topological polar surface area (TPSA) is 62.4 Å². The summed E-state index contributed by atoms with van der Waals surface area (Å²) in [5.41, 5.74) is 8.33. The fourth-order valence-corrected chi connectivity index (χ4v) is 4.85. The predicted octanol–water partition coefficient (Wildman–Crippen LogP) is 4.65. The number of hydrogen-bond acceptors (Lipinski definition) is 5. The first-order valence-corrected chi connectivity index (χ1v) is 10.9. The molecule has 4 N–H and O–H groups in total. The SMILES string of the molecule is C=Nc1sc2c(c1C(=C)NC1CCCCC1)CCC2.CCNCC.CN. The standard InChI is InChI=1S/C16H22N2S.C4H11N.CH5N/c1-11(18-12-7-4-3-5-8-12)15-13-9-6-10-14(13)19-16(15)17-2;1-3-5-4-2;1-2/h12,18H,1-10H2;5H,3-4H2,1-2H3;2H2,1H3. The van der Waals surface area contributed by atoms with Crippen LogP contribution >= 0.6 is 11.3 Å². The first kappa shape index (κ1) is 22.9. The average molecular weight is 379 g/mol. The summed E-state index contributed by atoms with van der Waals surface area (Å²) in [4.78, 5) is 5.72. The number of thiophene rings is 1. The number of fused-ring (bicyclic) bond motifs is 1. The number of hydrogen-bond donors (Lipinski definition) is 3. The van der Waals surface area contributed by atoms with Crippen LogP contribution in [0, 0.1) is 0 Å². The number of aryl methyl sites for hydroxylation is 1. The average Bonchev–Trinajstić information content (AvgIpc) is 3.26. The Bertz CT molecular complexity index is 542. The third-order valence-corrected chi connectivity index (χ3v) is 6.06. The van der Waals surface area contributed by atoms with Crippen molar-refractivity contribution in [2.75, 3.05) is 20.1 Å². The second kappa shape index (κ2) is 13.1. The molecule has 2 aliphatic carbocycles. The molecule has 3 rings (SSSR count). The highest BCUT2D eigenvalue weighted by Crippen LogP contribution is 2.43. The van der Waals surface area contributed by atoms with Crippen LogP contribution in [0.4, 0.5) is 5.00 Å². The van der Waals surface area contributed by atoms with E-state index in [1.54, 1.807) is 0 Å². The number of rotatable bonds is 6. The van der Waals surface area contributed by atoms with Crippen molar-refractivity contribution in [1.82, 2.24) is 10.6 Å². The van der Waals surface area contributed by atoms with E-state index in [-0.39, 0.29) is 0 Å². The van der Waals surface area contributed by atoms with E-state index in [0.29, 0.717) is 6.04 Å². The van der Waals surface area contributed by atoms with E-state index < -0.39 is 0 Å². The molecule has 1 aromatic rings. The van der Waals surface area contributed by atoms with E-state index >= 15 is 0 Å². The molecular formula is C21H38N4S. The molecule has 0 bridgehead atoms. The third kappa shape index (κ3) is 6.53. The van der Waals surface area contributed by atoms with Crippen LogP contribution in [0.25, 0.3) is 5.70 Å². The number of nitrogens with zero attached hydrogens (tertiary/aromatic N) is 1. The lowest BCUT2D eigenvalue weighted by atomic mass is 9.95. The minimum Gasteiger partial charge on any atom is -0.382 e. The van der Waals surface area contributed by atoms with Crippen LogP contribution in [0.15, 0.2) is 11.6 Å². The molecule has 0 unspecified atom stereocenters. The molecule has 0 spiro atoms. The smallest absolute Gasteiger partial charge is 0.125 e. The van der Waals surface area contributed by atoms with Gasteiger partial charge >= 0.3 is 0 Å². The highest BCUT2D eigenvalue weighted by molar-refractivity contribution is 7.16. The maximum Gasteiger partial charge on any atom is 0.125 e. The van der Waals surface area contributed by atoms with Crippen LogP contribution in [0.1, 0.15) is 68.4 Å². The van der Waals surface area contributed by atoms with Gasteiger partial charge in [-0.2, -0.15) is 0 Å². The van der Waals surface area contributed by atoms with Gasteiger partial charge < -0.3 is 16.4 Å². The van der Waals surface area contributed by atoms with E-state index in [1.807, 2.05) is 11.3 Å². The van der Waals surface area contributed by atoms with Gasteiger partial charge in [0.25, 0.3) is 0 Å². The Kier molecular flexibility index (Phi) is 11.5. The molecule has 5 heteroatoms. The minimum atomic E-state index is 0.607. The van der Waals surface area contributed by atoms with Gasteiger partial charge in [0.1, 0.15) is 5.00 Å². The zero-order chi connectivity index (χ0) is 19.4. The van der Waals surface area contributed by atoms with Crippen LogP contribution in [-0.4, -0.2) is 32.9 Å². The van der Waals surface area contributed by atoms with Gasteiger partial charge in [-0.05, 0) is 64.5 Å². The second-order valence-corrected chi connectivity index (χ2v) is 7.69. The Labute approximate surface area is 164 Å². The normalized spacial score (nSPS) is 15.8. The minimum absolute atomic E-state index is 0.607. The van der Waals surface area contributed by atoms with Crippen molar-refractivity contribution < 1.29 is 0 Å². The lowest BCUT2D eigenvalue weighted by Crippen LogP contribution is -2.29. The van der Waals surface area contributed by atoms with Gasteiger partial charge in [-0.3, -0.25) is 4.99 Å². The van der Waals surface area contributed by atoms with Gasteiger partial charge in [-0.25, -0.2) is 0 Å². The molecule has 148 valence electrons. The van der Waals surface area contributed by atoms with Crippen LogP contribution < -0.4 is 16.4 Å². The van der Waals surface area contributed by atoms with Crippen molar-refractivity contribution in [3.05, 3.63) is 22.6 Å². The summed E-state index contributed by atoms with van der Waals surface area (Å²) in [5.74, 6) is 0. The van der Waals surface area contributed by atoms with Crippen LogP contribution in [0.2, 0.25) is 0 Å². The summed E-state index contributed by atoms with van der Waals surface area (Å²) in [6.07, 6.45) is 10.3. The fraction of sp³-hybridized carbons (Fsp3) is 0.667. The Morgan fingerprint density at radius 3 is 2.31 bits per heavy atom. The van der Waals surface area contributed by atoms with Crippen molar-refractivity contribution in [3.8, 4) is 0 Å². The van der Waals surface area contributed by atoms with Crippen molar-refractivity contribution in [2.45, 2.75) is 71.3 Å². The molecular weight excluding hydrogens is 340 g/mol. The number of nitrogens with one attached hydrogen (secondary N) is 2. The summed E-state index contributed by atoms with van der Waals surface area (Å²) in [7, 11) is 1.50. The monoisotopic (exact) mass is 378 g/mol. The lowest BCUT2D eigenvalue weighted by molar-refractivity contribution is 0.409. The maximum absolute atomic E-state index is 4.50. The Hall–Kier alpha value is -1.17. The van der Waals surface area contributed by atoms with Crippen LogP contribution in [0.3, 0.4) is 0 Å². The summed E-state index contributed by atoms with van der Waals surface area (Å²) < 4.78 is 0. The molecule has 1 heterocycles. The van der Waals surface area contributed by atoms with Gasteiger partial charge in [-0.1, -0.05) is 39.7 Å². The van der Waals surface area contributed by atoms with Crippen molar-refractivity contribution >= 4 is 28.8 Å². The molecule has 0 aliphatic heterocycles. The third-order valence-electron chi connectivity index (χ3n) is 4.83. The van der Waals surface area contributed by atoms with Crippen LogP contribution in [-0.2, 0) is 12.8 Å². The van der Waals surface area contributed by atoms with Gasteiger partial charge in [0.2, 0.25) is 0 Å². The summed E-state index contributed by atoms with van der Waals surface area (Å²) in [6, 6.07) is 0.607. The lowest BCUT2D eigenvalue weighted by Gasteiger charge is -2.25. The molecule has 2 aliphatic rings. The molecule has 0 atom stereocenters. The van der Waals surface area contributed by atoms with Gasteiger partial charge in [0.05, 0.1) is 0 Å². The second-order valence-electron chi connectivity index (χ2n) is 6.61. The Morgan fingerprint density at radius 2 is 1.77 bits per heavy atom. The zero-order valence-corrected chi connectivity index (χ0v) is 17.8. The Morgan fingerprint density at radius 1 is 1.12 bits per heavy atom. The maximum atomic E-state index is 4.50. The number of aliphatic imine (C=N–C) groups is 1. The quantitative estimate of drug-likeness (QED) is 0.631. The molecule has 0 amide bonds. The van der Waals surface area contributed by atoms with E-state index in [1.165, 1.54) is 74.4 Å². The molecule has 4 nitrogen and oxygen atoms in total. The predicted molar refractivity (Wildman–Crippen MR) is 119 cm³/mol. The molecule has 1 aromatic heterocycles. The van der Waals surface area contributed by atoms with Gasteiger partial charge in [-0.15, -0.1) is 11.3 Å².